The summed E-state index contributed by atoms with van der Waals surface area (Å²) in [5.41, 5.74) is 4.23. The van der Waals surface area contributed by atoms with Crippen molar-refractivity contribution in [1.82, 2.24) is 10.2 Å². The summed E-state index contributed by atoms with van der Waals surface area (Å²) in [7, 11) is 0. The number of nitrogens with one attached hydrogen (secondary N) is 1. The van der Waals surface area contributed by atoms with Crippen LogP contribution in [0.25, 0.3) is 0 Å². The number of aryl methyl sites for hydroxylation is 2. The van der Waals surface area contributed by atoms with E-state index in [1.165, 1.54) is 16.7 Å². The number of piperazine rings is 1. The van der Waals surface area contributed by atoms with Gasteiger partial charge in [-0.3, -0.25) is 4.90 Å². The maximum absolute atomic E-state index is 3.43. The Hall–Kier alpha value is -0.570. The van der Waals surface area contributed by atoms with Gasteiger partial charge in [0.05, 0.1) is 0 Å². The van der Waals surface area contributed by atoms with Crippen LogP contribution in [0.3, 0.4) is 0 Å². The summed E-state index contributed by atoms with van der Waals surface area (Å²) in [6, 6.07) is 7.47. The molecule has 0 bridgehead atoms. The first-order valence-corrected chi connectivity index (χ1v) is 6.17. The van der Waals surface area contributed by atoms with E-state index in [4.69, 9.17) is 0 Å². The number of hydrogen-bond donors (Lipinski definition) is 1. The smallest absolute Gasteiger partial charge is 0.0237 e. The van der Waals surface area contributed by atoms with E-state index >= 15 is 0 Å². The maximum atomic E-state index is 3.43. The Labute approximate surface area is 111 Å². The summed E-state index contributed by atoms with van der Waals surface area (Å²) in [5, 5.41) is 3.43. The highest BCUT2D eigenvalue weighted by Crippen LogP contribution is 2.14. The average Bonchev–Trinajstić information content (AvgIpc) is 2.27. The van der Waals surface area contributed by atoms with Gasteiger partial charge in [-0.25, -0.2) is 0 Å². The molecular formula is C14H23ClN2. The minimum atomic E-state index is 0. The molecule has 17 heavy (non-hydrogen) atoms. The van der Waals surface area contributed by atoms with Crippen LogP contribution in [0, 0.1) is 13.8 Å². The summed E-state index contributed by atoms with van der Waals surface area (Å²) in [6.07, 6.45) is 0. The second-order valence-electron chi connectivity index (χ2n) is 4.94. The molecule has 0 spiro atoms. The van der Waals surface area contributed by atoms with Crippen molar-refractivity contribution in [3.63, 3.8) is 0 Å². The molecule has 1 aromatic carbocycles. The fourth-order valence-corrected chi connectivity index (χ4v) is 2.25. The summed E-state index contributed by atoms with van der Waals surface area (Å²) < 4.78 is 0. The van der Waals surface area contributed by atoms with Gasteiger partial charge in [0.2, 0.25) is 0 Å². The van der Waals surface area contributed by atoms with Gasteiger partial charge < -0.3 is 5.32 Å². The van der Waals surface area contributed by atoms with Crippen LogP contribution in [0.15, 0.2) is 18.2 Å². The number of hydrogen-bond acceptors (Lipinski definition) is 2. The van der Waals surface area contributed by atoms with Crippen molar-refractivity contribution in [3.05, 3.63) is 34.9 Å². The number of rotatable bonds is 2. The van der Waals surface area contributed by atoms with E-state index in [-0.39, 0.29) is 12.4 Å². The molecule has 0 aliphatic carbocycles. The van der Waals surface area contributed by atoms with E-state index in [9.17, 15) is 0 Å². The Bertz CT molecular complexity index is 365. The molecule has 1 heterocycles. The molecule has 0 amide bonds. The molecule has 96 valence electrons. The summed E-state index contributed by atoms with van der Waals surface area (Å²) in [4.78, 5) is 2.56. The van der Waals surface area contributed by atoms with Gasteiger partial charge >= 0.3 is 0 Å². The third kappa shape index (κ3) is 3.70. The third-order valence-electron chi connectivity index (χ3n) is 3.60. The van der Waals surface area contributed by atoms with E-state index in [1.807, 2.05) is 0 Å². The third-order valence-corrected chi connectivity index (χ3v) is 3.60. The lowest BCUT2D eigenvalue weighted by Crippen LogP contribution is -2.49. The minimum Gasteiger partial charge on any atom is -0.314 e. The van der Waals surface area contributed by atoms with Crippen LogP contribution in [-0.4, -0.2) is 30.6 Å². The van der Waals surface area contributed by atoms with Crippen molar-refractivity contribution in [2.45, 2.75) is 33.4 Å². The Kier molecular flexibility index (Phi) is 5.44. The summed E-state index contributed by atoms with van der Waals surface area (Å²) in [5.74, 6) is 0. The van der Waals surface area contributed by atoms with Crippen molar-refractivity contribution < 1.29 is 0 Å². The summed E-state index contributed by atoms with van der Waals surface area (Å²) >= 11 is 0. The fourth-order valence-electron chi connectivity index (χ4n) is 2.25. The molecule has 2 nitrogen and oxygen atoms in total. The first kappa shape index (κ1) is 14.5. The van der Waals surface area contributed by atoms with Gasteiger partial charge in [-0.05, 0) is 37.5 Å². The van der Waals surface area contributed by atoms with Crippen molar-refractivity contribution in [3.8, 4) is 0 Å². The molecule has 1 aliphatic rings. The molecule has 0 aromatic heterocycles. The lowest BCUT2D eigenvalue weighted by atomic mass is 10.1. The predicted molar refractivity (Wildman–Crippen MR) is 75.9 cm³/mol. The van der Waals surface area contributed by atoms with Gasteiger partial charge in [0.25, 0.3) is 0 Å². The Morgan fingerprint density at radius 2 is 2.06 bits per heavy atom. The second-order valence-corrected chi connectivity index (χ2v) is 4.94. The van der Waals surface area contributed by atoms with E-state index in [0.29, 0.717) is 6.04 Å². The normalized spacial score (nSPS) is 21.0. The standard InChI is InChI=1S/C14H22N2.ClH/c1-11-4-5-14(8-12(11)2)10-16-7-6-15-9-13(16)3;/h4-5,8,13,15H,6-7,9-10H2,1-3H3;1H. The Morgan fingerprint density at radius 3 is 2.71 bits per heavy atom. The van der Waals surface area contributed by atoms with E-state index in [0.717, 1.165) is 26.2 Å². The van der Waals surface area contributed by atoms with Crippen molar-refractivity contribution in [2.75, 3.05) is 19.6 Å². The molecule has 1 saturated heterocycles. The van der Waals surface area contributed by atoms with Crippen LogP contribution >= 0.6 is 12.4 Å². The molecule has 1 unspecified atom stereocenters. The van der Waals surface area contributed by atoms with E-state index in [2.05, 4.69) is 49.2 Å². The quantitative estimate of drug-likeness (QED) is 0.873. The van der Waals surface area contributed by atoms with Crippen LogP contribution in [0.4, 0.5) is 0 Å². The molecule has 2 rings (SSSR count). The highest BCUT2D eigenvalue weighted by Gasteiger charge is 2.17. The minimum absolute atomic E-state index is 0. The monoisotopic (exact) mass is 254 g/mol. The maximum Gasteiger partial charge on any atom is 0.0237 e. The predicted octanol–water partition coefficient (Wildman–Crippen LogP) is 2.52. The molecule has 1 atom stereocenters. The van der Waals surface area contributed by atoms with Gasteiger partial charge in [-0.1, -0.05) is 18.2 Å². The molecule has 0 radical (unpaired) electrons. The number of nitrogens with zero attached hydrogens (tertiary/aromatic N) is 1. The molecule has 3 heteroatoms. The molecular weight excluding hydrogens is 232 g/mol. The van der Waals surface area contributed by atoms with Crippen LogP contribution < -0.4 is 5.32 Å². The van der Waals surface area contributed by atoms with Crippen molar-refractivity contribution >= 4 is 12.4 Å². The second kappa shape index (κ2) is 6.39. The lowest BCUT2D eigenvalue weighted by molar-refractivity contribution is 0.165. The van der Waals surface area contributed by atoms with Crippen molar-refractivity contribution in [2.24, 2.45) is 0 Å². The Morgan fingerprint density at radius 1 is 1.29 bits per heavy atom. The molecule has 1 fully saturated rings. The van der Waals surface area contributed by atoms with E-state index < -0.39 is 0 Å². The highest BCUT2D eigenvalue weighted by molar-refractivity contribution is 5.85. The van der Waals surface area contributed by atoms with Crippen LogP contribution in [-0.2, 0) is 6.54 Å². The first-order chi connectivity index (χ1) is 7.66. The number of benzene rings is 1. The molecule has 1 aliphatic heterocycles. The van der Waals surface area contributed by atoms with Gasteiger partial charge in [0, 0.05) is 32.2 Å². The molecule has 1 N–H and O–H groups in total. The van der Waals surface area contributed by atoms with Gasteiger partial charge in [0.1, 0.15) is 0 Å². The zero-order valence-electron chi connectivity index (χ0n) is 11.0. The van der Waals surface area contributed by atoms with Crippen LogP contribution in [0.5, 0.6) is 0 Å². The van der Waals surface area contributed by atoms with Crippen molar-refractivity contribution in [1.29, 1.82) is 0 Å². The summed E-state index contributed by atoms with van der Waals surface area (Å²) in [6.45, 7) is 11.2. The van der Waals surface area contributed by atoms with Crippen LogP contribution in [0.2, 0.25) is 0 Å². The van der Waals surface area contributed by atoms with E-state index in [1.54, 1.807) is 0 Å². The zero-order chi connectivity index (χ0) is 11.5. The molecule has 0 saturated carbocycles. The fraction of sp³-hybridized carbons (Fsp3) is 0.571. The first-order valence-electron chi connectivity index (χ1n) is 6.17. The zero-order valence-corrected chi connectivity index (χ0v) is 11.8. The largest absolute Gasteiger partial charge is 0.314 e. The van der Waals surface area contributed by atoms with Gasteiger partial charge in [-0.15, -0.1) is 12.4 Å². The Balaban J connectivity index is 0.00000144. The average molecular weight is 255 g/mol. The number of halogens is 1. The van der Waals surface area contributed by atoms with Crippen LogP contribution in [0.1, 0.15) is 23.6 Å². The topological polar surface area (TPSA) is 15.3 Å². The highest BCUT2D eigenvalue weighted by atomic mass is 35.5. The lowest BCUT2D eigenvalue weighted by Gasteiger charge is -2.34. The molecule has 1 aromatic rings. The SMILES string of the molecule is Cc1ccc(CN2CCNCC2C)cc1C.Cl. The van der Waals surface area contributed by atoms with Gasteiger partial charge in [-0.2, -0.15) is 0 Å². The van der Waals surface area contributed by atoms with Gasteiger partial charge in [0.15, 0.2) is 0 Å².